The molecule has 2 aliphatic rings. The van der Waals surface area contributed by atoms with Crippen LogP contribution in [0.3, 0.4) is 0 Å². The number of carbonyl (C=O) groups is 1. The molecule has 0 aliphatic heterocycles. The smallest absolute Gasteiger partial charge is 0.343 e. The van der Waals surface area contributed by atoms with E-state index >= 15 is 0 Å². The minimum Gasteiger partial charge on any atom is -0.424 e. The van der Waals surface area contributed by atoms with Gasteiger partial charge in [0.2, 0.25) is 0 Å². The molecular formula is C20H18ClNO3S. The first-order valence-corrected chi connectivity index (χ1v) is 9.36. The molecule has 2 aliphatic carbocycles. The molecule has 0 N–H and O–H groups in total. The molecule has 26 heavy (non-hydrogen) atoms. The van der Waals surface area contributed by atoms with Gasteiger partial charge in [-0.15, -0.1) is 11.3 Å². The summed E-state index contributed by atoms with van der Waals surface area (Å²) >= 11 is 7.09. The molecule has 6 heteroatoms. The van der Waals surface area contributed by atoms with Crippen molar-refractivity contribution in [3.05, 3.63) is 80.6 Å². The number of hydrogen-bond donors (Lipinski definition) is 0. The molecule has 134 valence electrons. The third-order valence-electron chi connectivity index (χ3n) is 3.79. The minimum absolute atomic E-state index is 0.292. The molecule has 0 fully saturated rings. The van der Waals surface area contributed by atoms with Gasteiger partial charge in [0.05, 0.1) is 17.8 Å². The Labute approximate surface area is 160 Å². The molecule has 0 amide bonds. The van der Waals surface area contributed by atoms with Crippen LogP contribution in [0.5, 0.6) is 5.75 Å². The molecule has 0 bridgehead atoms. The van der Waals surface area contributed by atoms with Crippen molar-refractivity contribution < 1.29 is 14.3 Å². The van der Waals surface area contributed by atoms with Gasteiger partial charge in [0.1, 0.15) is 5.75 Å². The van der Waals surface area contributed by atoms with Crippen molar-refractivity contribution in [2.75, 3.05) is 0 Å². The van der Waals surface area contributed by atoms with E-state index in [4.69, 9.17) is 21.1 Å². The molecule has 4 nitrogen and oxygen atoms in total. The van der Waals surface area contributed by atoms with E-state index in [0.29, 0.717) is 12.4 Å². The van der Waals surface area contributed by atoms with E-state index in [0.717, 1.165) is 10.7 Å². The Bertz CT molecular complexity index is 972. The fourth-order valence-electron chi connectivity index (χ4n) is 2.08. The van der Waals surface area contributed by atoms with E-state index in [1.165, 1.54) is 21.8 Å². The Morgan fingerprint density at radius 2 is 1.96 bits per heavy atom. The largest absolute Gasteiger partial charge is 0.424 e. The number of ether oxygens (including phenoxy) is 2. The number of aromatic nitrogens is 1. The van der Waals surface area contributed by atoms with Crippen LogP contribution in [-0.4, -0.2) is 16.6 Å². The van der Waals surface area contributed by atoms with Gasteiger partial charge < -0.3 is 9.47 Å². The monoisotopic (exact) mass is 387 g/mol. The van der Waals surface area contributed by atoms with E-state index in [9.17, 15) is 4.79 Å². The maximum absolute atomic E-state index is 12.0. The van der Waals surface area contributed by atoms with Crippen LogP contribution in [0, 0.1) is 10.4 Å². The molecule has 0 spiro atoms. The Kier molecular flexibility index (Phi) is 5.71. The fraction of sp³-hybridized carbons (Fsp3) is 0.200. The molecule has 0 radical (unpaired) electrons. The summed E-state index contributed by atoms with van der Waals surface area (Å²) in [5.41, 5.74) is 1.53. The van der Waals surface area contributed by atoms with Gasteiger partial charge in [-0.1, -0.05) is 41.9 Å². The lowest BCUT2D eigenvalue weighted by atomic mass is 10.1. The zero-order valence-electron chi connectivity index (χ0n) is 14.4. The molecule has 1 heterocycles. The second-order valence-corrected chi connectivity index (χ2v) is 7.30. The first-order valence-electron chi connectivity index (χ1n) is 8.04. The molecular weight excluding hydrogens is 370 g/mol. The summed E-state index contributed by atoms with van der Waals surface area (Å²) < 4.78 is 10.8. The lowest BCUT2D eigenvalue weighted by Gasteiger charge is -2.22. The van der Waals surface area contributed by atoms with Crippen LogP contribution in [0.2, 0.25) is 5.02 Å². The number of para-hydroxylation sites is 1. The predicted molar refractivity (Wildman–Crippen MR) is 102 cm³/mol. The number of hydrogen-bond acceptors (Lipinski definition) is 5. The minimum atomic E-state index is -1.01. The van der Waals surface area contributed by atoms with E-state index in [1.807, 2.05) is 35.7 Å². The zero-order chi connectivity index (χ0) is 18.6. The van der Waals surface area contributed by atoms with Gasteiger partial charge in [0.15, 0.2) is 5.60 Å². The Balaban J connectivity index is 0.000000229. The molecule has 0 atom stereocenters. The summed E-state index contributed by atoms with van der Waals surface area (Å²) in [4.78, 5) is 16.1. The topological polar surface area (TPSA) is 48.4 Å². The molecule has 0 unspecified atom stereocenters. The highest BCUT2D eigenvalue weighted by Crippen LogP contribution is 2.20. The van der Waals surface area contributed by atoms with Crippen LogP contribution < -0.4 is 4.74 Å². The number of halogens is 1. The second-order valence-electron chi connectivity index (χ2n) is 6.18. The Hall–Kier alpha value is -2.21. The van der Waals surface area contributed by atoms with Crippen LogP contribution in [0.4, 0.5) is 0 Å². The van der Waals surface area contributed by atoms with Gasteiger partial charge in [-0.3, -0.25) is 0 Å². The standard InChI is InChI=1S/C14H15NO3S.C6H3Cl/c1-14(2,17-8-11-9-19-10-15-11)13(16)18-12-6-4-3-5-7-12;7-6-3-4-1-2-5(4)6/h3-7,9-10H,8H2,1-2H3;1-3H. The molecule has 1 aromatic carbocycles. The summed E-state index contributed by atoms with van der Waals surface area (Å²) in [7, 11) is 0. The van der Waals surface area contributed by atoms with Crippen molar-refractivity contribution in [2.45, 2.75) is 26.1 Å². The first-order chi connectivity index (χ1) is 12.5. The van der Waals surface area contributed by atoms with Gasteiger partial charge >= 0.3 is 5.97 Å². The Morgan fingerprint density at radius 1 is 1.19 bits per heavy atom. The lowest BCUT2D eigenvalue weighted by Crippen LogP contribution is -2.38. The van der Waals surface area contributed by atoms with Crippen LogP contribution in [-0.2, 0) is 16.1 Å². The zero-order valence-corrected chi connectivity index (χ0v) is 16.0. The van der Waals surface area contributed by atoms with Gasteiger partial charge in [-0.2, -0.15) is 0 Å². The number of benzene rings is 2. The van der Waals surface area contributed by atoms with Crippen LogP contribution in [0.1, 0.15) is 19.5 Å². The molecule has 0 saturated heterocycles. The van der Waals surface area contributed by atoms with Crippen molar-refractivity contribution in [2.24, 2.45) is 0 Å². The van der Waals surface area contributed by atoms with E-state index in [-0.39, 0.29) is 0 Å². The number of nitrogens with zero attached hydrogens (tertiary/aromatic N) is 1. The number of thiazole rings is 1. The summed E-state index contributed by atoms with van der Waals surface area (Å²) in [6.45, 7) is 3.66. The number of rotatable bonds is 5. The average Bonchev–Trinajstić information content (AvgIpc) is 3.13. The molecule has 0 saturated carbocycles. The van der Waals surface area contributed by atoms with E-state index < -0.39 is 11.6 Å². The number of carbonyl (C=O) groups excluding carboxylic acids is 1. The maximum atomic E-state index is 12.0. The van der Waals surface area contributed by atoms with Crippen molar-refractivity contribution in [1.29, 1.82) is 0 Å². The third kappa shape index (κ3) is 4.49. The number of esters is 1. The summed E-state index contributed by atoms with van der Waals surface area (Å²) in [6, 6.07) is 15.0. The maximum Gasteiger partial charge on any atom is 0.343 e. The van der Waals surface area contributed by atoms with Gasteiger partial charge in [0.25, 0.3) is 0 Å². The van der Waals surface area contributed by atoms with Gasteiger partial charge in [-0.25, -0.2) is 9.78 Å². The van der Waals surface area contributed by atoms with Crippen LogP contribution >= 0.6 is 22.9 Å². The SMILES string of the molecule is CC(C)(OCc1cscn1)C(=O)Oc1ccccc1.Clc1cc2ccc1=2. The van der Waals surface area contributed by atoms with Crippen molar-refractivity contribution in [1.82, 2.24) is 4.98 Å². The van der Waals surface area contributed by atoms with E-state index in [1.54, 1.807) is 31.5 Å². The summed E-state index contributed by atoms with van der Waals surface area (Å²) in [5.74, 6) is 0.0896. The second kappa shape index (κ2) is 7.99. The third-order valence-corrected chi connectivity index (χ3v) is 4.74. The van der Waals surface area contributed by atoms with Crippen molar-refractivity contribution in [3.63, 3.8) is 0 Å². The molecule has 1 aromatic heterocycles. The summed E-state index contributed by atoms with van der Waals surface area (Å²) in [5, 5.41) is 5.35. The predicted octanol–water partition coefficient (Wildman–Crippen LogP) is 4.98. The fourth-order valence-corrected chi connectivity index (χ4v) is 2.92. The van der Waals surface area contributed by atoms with Crippen molar-refractivity contribution in [3.8, 4) is 5.75 Å². The Morgan fingerprint density at radius 3 is 2.42 bits per heavy atom. The quantitative estimate of drug-likeness (QED) is 0.358. The first kappa shape index (κ1) is 18.6. The lowest BCUT2D eigenvalue weighted by molar-refractivity contribution is -0.159. The highest BCUT2D eigenvalue weighted by molar-refractivity contribution is 7.07. The molecule has 4 rings (SSSR count). The van der Waals surface area contributed by atoms with Crippen molar-refractivity contribution >= 4 is 28.9 Å². The normalized spacial score (nSPS) is 11.3. The van der Waals surface area contributed by atoms with E-state index in [2.05, 4.69) is 11.1 Å². The van der Waals surface area contributed by atoms with Gasteiger partial charge in [-0.05, 0) is 37.3 Å². The highest BCUT2D eigenvalue weighted by Gasteiger charge is 2.31. The highest BCUT2D eigenvalue weighted by atomic mass is 35.5. The average molecular weight is 388 g/mol. The van der Waals surface area contributed by atoms with Crippen LogP contribution in [0.15, 0.2) is 59.4 Å². The van der Waals surface area contributed by atoms with Crippen LogP contribution in [0.25, 0.3) is 0 Å². The van der Waals surface area contributed by atoms with Gasteiger partial charge in [0, 0.05) is 15.6 Å². The molecule has 2 aromatic rings. The summed E-state index contributed by atoms with van der Waals surface area (Å²) in [6.07, 6.45) is 0.